The highest BCUT2D eigenvalue weighted by Crippen LogP contribution is 2.15. The summed E-state index contributed by atoms with van der Waals surface area (Å²) in [7, 11) is 0. The van der Waals surface area contributed by atoms with Gasteiger partial charge in [-0.05, 0) is 17.5 Å². The Balaban J connectivity index is 2.04. The summed E-state index contributed by atoms with van der Waals surface area (Å²) in [5, 5.41) is 12.9. The predicted molar refractivity (Wildman–Crippen MR) is 73.0 cm³/mol. The fourth-order valence-electron chi connectivity index (χ4n) is 1.58. The number of hydrogen-bond donors (Lipinski definition) is 1. The number of nitriles is 1. The van der Waals surface area contributed by atoms with Gasteiger partial charge in [-0.1, -0.05) is 31.2 Å². The highest BCUT2D eigenvalue weighted by Gasteiger charge is 2.08. The van der Waals surface area contributed by atoms with Gasteiger partial charge >= 0.3 is 0 Å². The van der Waals surface area contributed by atoms with Crippen molar-refractivity contribution in [1.29, 1.82) is 5.26 Å². The zero-order valence-electron chi connectivity index (χ0n) is 10.8. The minimum absolute atomic E-state index is 0.205. The smallest absolute Gasteiger partial charge is 0.252 e. The molecular weight excluding hydrogens is 240 g/mol. The van der Waals surface area contributed by atoms with E-state index >= 15 is 0 Å². The Labute approximate surface area is 111 Å². The van der Waals surface area contributed by atoms with E-state index in [1.54, 1.807) is 13.1 Å². The number of hydrogen-bond acceptors (Lipinski definition) is 5. The molecule has 2 rings (SSSR count). The van der Waals surface area contributed by atoms with Crippen molar-refractivity contribution in [1.82, 2.24) is 4.98 Å². The van der Waals surface area contributed by atoms with Crippen LogP contribution in [0.25, 0.3) is 0 Å². The maximum Gasteiger partial charge on any atom is 0.252 e. The number of hydrazone groups is 1. The minimum Gasteiger partial charge on any atom is -0.422 e. The van der Waals surface area contributed by atoms with Crippen molar-refractivity contribution in [3.05, 3.63) is 47.0 Å². The monoisotopic (exact) mass is 254 g/mol. The van der Waals surface area contributed by atoms with Gasteiger partial charge in [0, 0.05) is 6.92 Å². The molecule has 1 heterocycles. The van der Waals surface area contributed by atoms with Crippen LogP contribution in [0.2, 0.25) is 0 Å². The Morgan fingerprint density at radius 3 is 2.79 bits per heavy atom. The van der Waals surface area contributed by atoms with E-state index in [0.717, 1.165) is 12.0 Å². The van der Waals surface area contributed by atoms with Crippen LogP contribution in [-0.2, 0) is 6.42 Å². The van der Waals surface area contributed by atoms with E-state index in [1.807, 2.05) is 18.2 Å². The van der Waals surface area contributed by atoms with E-state index in [-0.39, 0.29) is 11.6 Å². The number of anilines is 1. The summed E-state index contributed by atoms with van der Waals surface area (Å²) in [5.41, 5.74) is 5.14. The molecule has 0 aliphatic rings. The lowest BCUT2D eigenvalue weighted by Crippen LogP contribution is -1.91. The topological polar surface area (TPSA) is 74.2 Å². The third kappa shape index (κ3) is 3.19. The SMILES string of the molecule is CCc1ccc(/C=N/Nc2oc(C)nc2C#N)cc1. The second-order valence-electron chi connectivity index (χ2n) is 3.99. The Morgan fingerprint density at radius 2 is 2.16 bits per heavy atom. The quantitative estimate of drug-likeness (QED) is 0.672. The molecule has 1 aromatic heterocycles. The first-order chi connectivity index (χ1) is 9.22. The van der Waals surface area contributed by atoms with Crippen LogP contribution in [0.15, 0.2) is 33.8 Å². The Bertz CT molecular complexity index is 620. The van der Waals surface area contributed by atoms with Gasteiger partial charge in [-0.15, -0.1) is 0 Å². The Morgan fingerprint density at radius 1 is 1.42 bits per heavy atom. The van der Waals surface area contributed by atoms with Crippen LogP contribution < -0.4 is 5.43 Å². The van der Waals surface area contributed by atoms with E-state index < -0.39 is 0 Å². The molecule has 1 N–H and O–H groups in total. The maximum absolute atomic E-state index is 8.84. The third-order valence-corrected chi connectivity index (χ3v) is 2.61. The van der Waals surface area contributed by atoms with Crippen LogP contribution in [0.3, 0.4) is 0 Å². The molecule has 96 valence electrons. The summed E-state index contributed by atoms with van der Waals surface area (Å²) < 4.78 is 5.22. The fraction of sp³-hybridized carbons (Fsp3) is 0.214. The summed E-state index contributed by atoms with van der Waals surface area (Å²) >= 11 is 0. The van der Waals surface area contributed by atoms with Crippen molar-refractivity contribution < 1.29 is 4.42 Å². The summed E-state index contributed by atoms with van der Waals surface area (Å²) in [6.45, 7) is 3.79. The second kappa shape index (κ2) is 5.83. The highest BCUT2D eigenvalue weighted by atomic mass is 16.4. The van der Waals surface area contributed by atoms with Gasteiger partial charge in [0.25, 0.3) is 5.88 Å². The van der Waals surface area contributed by atoms with Crippen molar-refractivity contribution in [3.63, 3.8) is 0 Å². The van der Waals surface area contributed by atoms with Gasteiger partial charge in [0.1, 0.15) is 6.07 Å². The van der Waals surface area contributed by atoms with E-state index in [1.165, 1.54) is 5.56 Å². The van der Waals surface area contributed by atoms with Gasteiger partial charge < -0.3 is 4.42 Å². The number of nitrogens with one attached hydrogen (secondary N) is 1. The Hall–Kier alpha value is -2.61. The second-order valence-corrected chi connectivity index (χ2v) is 3.99. The zero-order valence-corrected chi connectivity index (χ0v) is 10.8. The predicted octanol–water partition coefficient (Wildman–Crippen LogP) is 2.86. The average molecular weight is 254 g/mol. The van der Waals surface area contributed by atoms with Crippen LogP contribution in [0.1, 0.15) is 29.6 Å². The molecule has 0 saturated heterocycles. The zero-order chi connectivity index (χ0) is 13.7. The van der Waals surface area contributed by atoms with E-state index in [4.69, 9.17) is 9.68 Å². The van der Waals surface area contributed by atoms with Crippen molar-refractivity contribution in [2.24, 2.45) is 5.10 Å². The van der Waals surface area contributed by atoms with Crippen molar-refractivity contribution in [2.75, 3.05) is 5.43 Å². The lowest BCUT2D eigenvalue weighted by molar-refractivity contribution is 0.533. The van der Waals surface area contributed by atoms with Crippen molar-refractivity contribution >= 4 is 12.1 Å². The average Bonchev–Trinajstić information content (AvgIpc) is 2.80. The molecule has 1 aromatic carbocycles. The number of aromatic nitrogens is 1. The molecule has 0 radical (unpaired) electrons. The standard InChI is InChI=1S/C14H14N4O/c1-3-11-4-6-12(7-5-11)9-16-18-14-13(8-15)17-10(2)19-14/h4-7,9,18H,3H2,1-2H3/b16-9+. The maximum atomic E-state index is 8.84. The first-order valence-corrected chi connectivity index (χ1v) is 5.98. The number of nitrogens with zero attached hydrogens (tertiary/aromatic N) is 3. The number of oxazole rings is 1. The van der Waals surface area contributed by atoms with Crippen LogP contribution in [0.5, 0.6) is 0 Å². The van der Waals surface area contributed by atoms with E-state index in [2.05, 4.69) is 34.6 Å². The molecular formula is C14H14N4O. The molecule has 5 nitrogen and oxygen atoms in total. The van der Waals surface area contributed by atoms with Gasteiger partial charge in [0.05, 0.1) is 6.21 Å². The normalized spacial score (nSPS) is 10.6. The van der Waals surface area contributed by atoms with Crippen molar-refractivity contribution in [2.45, 2.75) is 20.3 Å². The Kier molecular flexibility index (Phi) is 3.94. The van der Waals surface area contributed by atoms with Crippen LogP contribution in [-0.4, -0.2) is 11.2 Å². The summed E-state index contributed by atoms with van der Waals surface area (Å²) in [6, 6.07) is 10.0. The van der Waals surface area contributed by atoms with Gasteiger partial charge in [-0.3, -0.25) is 0 Å². The molecule has 0 aliphatic carbocycles. The molecule has 0 unspecified atom stereocenters. The lowest BCUT2D eigenvalue weighted by Gasteiger charge is -1.97. The van der Waals surface area contributed by atoms with Crippen LogP contribution >= 0.6 is 0 Å². The van der Waals surface area contributed by atoms with Gasteiger partial charge in [0.15, 0.2) is 5.89 Å². The van der Waals surface area contributed by atoms with Crippen LogP contribution in [0, 0.1) is 18.3 Å². The number of aryl methyl sites for hydroxylation is 2. The fourth-order valence-corrected chi connectivity index (χ4v) is 1.58. The first-order valence-electron chi connectivity index (χ1n) is 5.98. The van der Waals surface area contributed by atoms with E-state index in [9.17, 15) is 0 Å². The molecule has 0 bridgehead atoms. The number of benzene rings is 1. The lowest BCUT2D eigenvalue weighted by atomic mass is 10.1. The molecule has 5 heteroatoms. The molecule has 0 fully saturated rings. The first kappa shape index (κ1) is 12.8. The summed E-state index contributed by atoms with van der Waals surface area (Å²) in [5.74, 6) is 0.697. The molecule has 0 atom stereocenters. The van der Waals surface area contributed by atoms with E-state index in [0.29, 0.717) is 5.89 Å². The van der Waals surface area contributed by atoms with Gasteiger partial charge in [-0.2, -0.15) is 10.4 Å². The molecule has 2 aromatic rings. The molecule has 0 spiro atoms. The molecule has 0 saturated carbocycles. The summed E-state index contributed by atoms with van der Waals surface area (Å²) in [4.78, 5) is 3.91. The molecule has 0 amide bonds. The minimum atomic E-state index is 0.205. The number of rotatable bonds is 4. The van der Waals surface area contributed by atoms with Crippen molar-refractivity contribution in [3.8, 4) is 6.07 Å². The third-order valence-electron chi connectivity index (χ3n) is 2.61. The molecule has 19 heavy (non-hydrogen) atoms. The van der Waals surface area contributed by atoms with Gasteiger partial charge in [-0.25, -0.2) is 10.4 Å². The largest absolute Gasteiger partial charge is 0.422 e. The highest BCUT2D eigenvalue weighted by molar-refractivity contribution is 5.80. The molecule has 0 aliphatic heterocycles. The summed E-state index contributed by atoms with van der Waals surface area (Å²) in [6.07, 6.45) is 2.68. The van der Waals surface area contributed by atoms with Crippen LogP contribution in [0.4, 0.5) is 5.88 Å². The van der Waals surface area contributed by atoms with Gasteiger partial charge in [0.2, 0.25) is 5.69 Å².